The van der Waals surface area contributed by atoms with Gasteiger partial charge in [0.15, 0.2) is 5.78 Å². The van der Waals surface area contributed by atoms with Crippen LogP contribution in [0.5, 0.6) is 0 Å². The maximum absolute atomic E-state index is 12.2. The van der Waals surface area contributed by atoms with Crippen LogP contribution in [0.4, 0.5) is 0 Å². The number of allylic oxidation sites excluding steroid dienone is 3. The molecule has 1 rings (SSSR count). The van der Waals surface area contributed by atoms with Gasteiger partial charge in [0.25, 0.3) is 0 Å². The maximum Gasteiger partial charge on any atom is 0.336 e. The SMILES string of the molecule is CCOC(=O)C1=C(C)NC(C)=C(C(C)=O)C1CC(C)C. The Labute approximate surface area is 121 Å². The zero-order valence-electron chi connectivity index (χ0n) is 13.3. The molecule has 0 amide bonds. The van der Waals surface area contributed by atoms with Crippen LogP contribution in [0.2, 0.25) is 0 Å². The van der Waals surface area contributed by atoms with Gasteiger partial charge in [-0.1, -0.05) is 13.8 Å². The van der Waals surface area contributed by atoms with Crippen molar-refractivity contribution in [2.24, 2.45) is 11.8 Å². The Balaban J connectivity index is 3.27. The van der Waals surface area contributed by atoms with E-state index < -0.39 is 0 Å². The van der Waals surface area contributed by atoms with Gasteiger partial charge in [-0.2, -0.15) is 0 Å². The lowest BCUT2D eigenvalue weighted by Gasteiger charge is -2.31. The van der Waals surface area contributed by atoms with E-state index in [0.29, 0.717) is 23.7 Å². The summed E-state index contributed by atoms with van der Waals surface area (Å²) < 4.78 is 5.16. The molecular formula is C16H25NO3. The molecule has 0 aromatic heterocycles. The quantitative estimate of drug-likeness (QED) is 0.786. The minimum Gasteiger partial charge on any atom is -0.463 e. The fraction of sp³-hybridized carbons (Fsp3) is 0.625. The third-order valence-corrected chi connectivity index (χ3v) is 3.46. The predicted octanol–water partition coefficient (Wildman–Crippen LogP) is 2.95. The van der Waals surface area contributed by atoms with Crippen molar-refractivity contribution < 1.29 is 14.3 Å². The highest BCUT2D eigenvalue weighted by atomic mass is 16.5. The molecule has 20 heavy (non-hydrogen) atoms. The first-order chi connectivity index (χ1) is 9.29. The fourth-order valence-electron chi connectivity index (χ4n) is 2.80. The molecule has 1 N–H and O–H groups in total. The van der Waals surface area contributed by atoms with E-state index in [4.69, 9.17) is 4.74 Å². The molecule has 1 atom stereocenters. The Morgan fingerprint density at radius 3 is 2.20 bits per heavy atom. The molecule has 0 aliphatic carbocycles. The van der Waals surface area contributed by atoms with Gasteiger partial charge in [-0.15, -0.1) is 0 Å². The van der Waals surface area contributed by atoms with Gasteiger partial charge in [0, 0.05) is 22.9 Å². The van der Waals surface area contributed by atoms with Crippen LogP contribution in [0.25, 0.3) is 0 Å². The number of ketones is 1. The summed E-state index contributed by atoms with van der Waals surface area (Å²) in [6, 6.07) is 0. The number of hydrogen-bond donors (Lipinski definition) is 1. The van der Waals surface area contributed by atoms with E-state index >= 15 is 0 Å². The topological polar surface area (TPSA) is 55.4 Å². The van der Waals surface area contributed by atoms with Crippen LogP contribution in [0.1, 0.15) is 48.0 Å². The van der Waals surface area contributed by atoms with Crippen LogP contribution in [0.15, 0.2) is 22.5 Å². The van der Waals surface area contributed by atoms with Crippen molar-refractivity contribution in [3.05, 3.63) is 22.5 Å². The van der Waals surface area contributed by atoms with Gasteiger partial charge in [0.05, 0.1) is 12.2 Å². The summed E-state index contributed by atoms with van der Waals surface area (Å²) in [5.74, 6) is -0.102. The van der Waals surface area contributed by atoms with Crippen molar-refractivity contribution in [2.75, 3.05) is 6.61 Å². The zero-order valence-corrected chi connectivity index (χ0v) is 13.3. The molecule has 0 saturated heterocycles. The first kappa shape index (κ1) is 16.5. The highest BCUT2D eigenvalue weighted by molar-refractivity contribution is 6.00. The van der Waals surface area contributed by atoms with Crippen molar-refractivity contribution >= 4 is 11.8 Å². The monoisotopic (exact) mass is 279 g/mol. The third-order valence-electron chi connectivity index (χ3n) is 3.46. The van der Waals surface area contributed by atoms with Crippen molar-refractivity contribution in [2.45, 2.75) is 48.0 Å². The van der Waals surface area contributed by atoms with E-state index in [1.54, 1.807) is 13.8 Å². The molecule has 0 aromatic carbocycles. The molecular weight excluding hydrogens is 254 g/mol. The maximum atomic E-state index is 12.2. The Kier molecular flexibility index (Phi) is 5.54. The lowest BCUT2D eigenvalue weighted by molar-refractivity contribution is -0.139. The molecule has 112 valence electrons. The Morgan fingerprint density at radius 2 is 1.75 bits per heavy atom. The molecule has 0 bridgehead atoms. The molecule has 0 saturated carbocycles. The Morgan fingerprint density at radius 1 is 1.20 bits per heavy atom. The number of carbonyl (C=O) groups excluding carboxylic acids is 2. The summed E-state index contributed by atoms with van der Waals surface area (Å²) in [5, 5.41) is 3.14. The molecule has 1 aliphatic heterocycles. The lowest BCUT2D eigenvalue weighted by Crippen LogP contribution is -2.33. The highest BCUT2D eigenvalue weighted by Crippen LogP contribution is 2.35. The van der Waals surface area contributed by atoms with Crippen LogP contribution in [0.3, 0.4) is 0 Å². The molecule has 0 aromatic rings. The van der Waals surface area contributed by atoms with Crippen molar-refractivity contribution in [3.63, 3.8) is 0 Å². The first-order valence-corrected chi connectivity index (χ1v) is 7.16. The van der Waals surface area contributed by atoms with Crippen LogP contribution >= 0.6 is 0 Å². The second-order valence-corrected chi connectivity index (χ2v) is 5.66. The standard InChI is InChI=1S/C16H25NO3/c1-7-20-16(19)15-11(5)17-10(4)14(12(6)18)13(15)8-9(2)3/h9,13,17H,7-8H2,1-6H3. The van der Waals surface area contributed by atoms with Crippen molar-refractivity contribution in [1.29, 1.82) is 0 Å². The minimum absolute atomic E-state index is 0.00921. The molecule has 4 nitrogen and oxygen atoms in total. The van der Waals surface area contributed by atoms with E-state index in [-0.39, 0.29) is 17.7 Å². The number of esters is 1. The third kappa shape index (κ3) is 3.50. The van der Waals surface area contributed by atoms with E-state index in [1.165, 1.54) is 0 Å². The summed E-state index contributed by atoms with van der Waals surface area (Å²) in [4.78, 5) is 24.2. The minimum atomic E-state index is -0.325. The molecule has 0 radical (unpaired) electrons. The largest absolute Gasteiger partial charge is 0.463 e. The average molecular weight is 279 g/mol. The average Bonchev–Trinajstić information content (AvgIpc) is 2.26. The van der Waals surface area contributed by atoms with Crippen LogP contribution < -0.4 is 5.32 Å². The summed E-state index contributed by atoms with van der Waals surface area (Å²) in [5.41, 5.74) is 2.93. The summed E-state index contributed by atoms with van der Waals surface area (Å²) in [7, 11) is 0. The van der Waals surface area contributed by atoms with Gasteiger partial charge in [-0.25, -0.2) is 4.79 Å². The smallest absolute Gasteiger partial charge is 0.336 e. The Bertz CT molecular complexity index is 472. The van der Waals surface area contributed by atoms with Crippen molar-refractivity contribution in [1.82, 2.24) is 5.32 Å². The summed E-state index contributed by atoms with van der Waals surface area (Å²) in [6.45, 7) is 11.6. The zero-order chi connectivity index (χ0) is 15.4. The van der Waals surface area contributed by atoms with E-state index in [9.17, 15) is 9.59 Å². The van der Waals surface area contributed by atoms with Gasteiger partial charge < -0.3 is 10.1 Å². The number of nitrogens with one attached hydrogen (secondary N) is 1. The number of carbonyl (C=O) groups is 2. The second-order valence-electron chi connectivity index (χ2n) is 5.66. The number of rotatable bonds is 5. The van der Waals surface area contributed by atoms with Crippen LogP contribution in [-0.2, 0) is 14.3 Å². The molecule has 1 aliphatic rings. The summed E-state index contributed by atoms with van der Waals surface area (Å²) in [6.07, 6.45) is 0.763. The van der Waals surface area contributed by atoms with Crippen molar-refractivity contribution in [3.8, 4) is 0 Å². The van der Waals surface area contributed by atoms with Gasteiger partial charge in [-0.05, 0) is 40.0 Å². The van der Waals surface area contributed by atoms with Crippen LogP contribution in [0, 0.1) is 11.8 Å². The Hall–Kier alpha value is -1.58. The van der Waals surface area contributed by atoms with E-state index in [1.807, 2.05) is 13.8 Å². The lowest BCUT2D eigenvalue weighted by atomic mass is 9.79. The normalized spacial score (nSPS) is 19.2. The second kappa shape index (κ2) is 6.73. The van der Waals surface area contributed by atoms with Crippen LogP contribution in [-0.4, -0.2) is 18.4 Å². The number of ether oxygens (including phenoxy) is 1. The molecule has 0 fully saturated rings. The fourth-order valence-corrected chi connectivity index (χ4v) is 2.80. The van der Waals surface area contributed by atoms with Gasteiger partial charge in [-0.3, -0.25) is 4.79 Å². The van der Waals surface area contributed by atoms with Gasteiger partial charge in [0.2, 0.25) is 0 Å². The number of dihydropyridines is 1. The first-order valence-electron chi connectivity index (χ1n) is 7.16. The highest BCUT2D eigenvalue weighted by Gasteiger charge is 2.34. The summed E-state index contributed by atoms with van der Waals surface area (Å²) >= 11 is 0. The van der Waals surface area contributed by atoms with E-state index in [2.05, 4.69) is 19.2 Å². The molecule has 1 heterocycles. The molecule has 1 unspecified atom stereocenters. The van der Waals surface area contributed by atoms with E-state index in [0.717, 1.165) is 17.8 Å². The number of hydrogen-bond acceptors (Lipinski definition) is 4. The predicted molar refractivity (Wildman–Crippen MR) is 78.8 cm³/mol. The number of Topliss-reactive ketones (excluding diaryl/α,β-unsaturated/α-hetero) is 1. The van der Waals surface area contributed by atoms with Gasteiger partial charge >= 0.3 is 5.97 Å². The molecule has 0 spiro atoms. The van der Waals surface area contributed by atoms with Gasteiger partial charge in [0.1, 0.15) is 0 Å². The molecule has 4 heteroatoms.